The van der Waals surface area contributed by atoms with Gasteiger partial charge < -0.3 is 9.47 Å². The van der Waals surface area contributed by atoms with Gasteiger partial charge in [-0.05, 0) is 13.3 Å². The number of methoxy groups -OCH3 is 2. The molecule has 1 fully saturated rings. The summed E-state index contributed by atoms with van der Waals surface area (Å²) in [4.78, 5) is 22.1. The summed E-state index contributed by atoms with van der Waals surface area (Å²) in [6.45, 7) is 1.71. The molecule has 1 aliphatic rings. The third kappa shape index (κ3) is 1.17. The van der Waals surface area contributed by atoms with Gasteiger partial charge in [0.05, 0.1) is 25.6 Å². The lowest BCUT2D eigenvalue weighted by Gasteiger charge is -2.06. The smallest absolute Gasteiger partial charge is 0.312 e. The Morgan fingerprint density at radius 1 is 1.33 bits per heavy atom. The molecule has 1 saturated carbocycles. The fraction of sp³-hybridized carbons (Fsp3) is 0.750. The third-order valence-corrected chi connectivity index (χ3v) is 2.37. The van der Waals surface area contributed by atoms with Crippen LogP contribution in [0.15, 0.2) is 0 Å². The van der Waals surface area contributed by atoms with Crippen molar-refractivity contribution >= 4 is 11.9 Å². The molecule has 0 unspecified atom stereocenters. The Kier molecular flexibility index (Phi) is 2.08. The first-order valence-electron chi connectivity index (χ1n) is 3.72. The van der Waals surface area contributed by atoms with Crippen LogP contribution in [0.25, 0.3) is 0 Å². The van der Waals surface area contributed by atoms with Crippen LogP contribution in [-0.4, -0.2) is 26.2 Å². The highest BCUT2D eigenvalue weighted by molar-refractivity contribution is 5.90. The van der Waals surface area contributed by atoms with Gasteiger partial charge in [0.15, 0.2) is 0 Å². The average molecular weight is 172 g/mol. The fourth-order valence-electron chi connectivity index (χ4n) is 1.31. The molecule has 0 bridgehead atoms. The Labute approximate surface area is 70.8 Å². The van der Waals surface area contributed by atoms with Crippen LogP contribution in [0.1, 0.15) is 13.3 Å². The fourth-order valence-corrected chi connectivity index (χ4v) is 1.31. The predicted octanol–water partition coefficient (Wildman–Crippen LogP) is 0.359. The highest BCUT2D eigenvalue weighted by Gasteiger charge is 2.61. The van der Waals surface area contributed by atoms with Gasteiger partial charge >= 0.3 is 11.9 Å². The van der Waals surface area contributed by atoms with Crippen LogP contribution in [0.2, 0.25) is 0 Å². The zero-order valence-electron chi connectivity index (χ0n) is 7.42. The molecule has 12 heavy (non-hydrogen) atoms. The van der Waals surface area contributed by atoms with Crippen LogP contribution >= 0.6 is 0 Å². The van der Waals surface area contributed by atoms with Crippen molar-refractivity contribution in [1.29, 1.82) is 0 Å². The maximum atomic E-state index is 11.1. The number of carbonyl (C=O) groups is 2. The predicted molar refractivity (Wildman–Crippen MR) is 40.2 cm³/mol. The second-order valence-electron chi connectivity index (χ2n) is 3.19. The summed E-state index contributed by atoms with van der Waals surface area (Å²) in [6, 6.07) is 0. The van der Waals surface area contributed by atoms with Crippen LogP contribution in [0, 0.1) is 11.3 Å². The van der Waals surface area contributed by atoms with Gasteiger partial charge in [-0.1, -0.05) is 0 Å². The minimum Gasteiger partial charge on any atom is -0.469 e. The molecule has 1 aliphatic carbocycles. The van der Waals surface area contributed by atoms with Gasteiger partial charge in [0.1, 0.15) is 0 Å². The van der Waals surface area contributed by atoms with Crippen molar-refractivity contribution in [3.05, 3.63) is 0 Å². The Hall–Kier alpha value is -1.06. The first kappa shape index (κ1) is 9.03. The van der Waals surface area contributed by atoms with E-state index in [9.17, 15) is 9.59 Å². The van der Waals surface area contributed by atoms with Crippen molar-refractivity contribution < 1.29 is 19.1 Å². The summed E-state index contributed by atoms with van der Waals surface area (Å²) in [5.74, 6) is -0.976. The number of ether oxygens (including phenoxy) is 2. The standard InChI is InChI=1S/C8H12O4/c1-8(7(10)12-3)4-5(8)6(9)11-2/h5H,4H2,1-3H3/t5-,8+/m1/s1. The van der Waals surface area contributed by atoms with E-state index in [0.717, 1.165) is 0 Å². The Bertz CT molecular complexity index is 223. The summed E-state index contributed by atoms with van der Waals surface area (Å²) in [7, 11) is 2.64. The molecule has 0 amide bonds. The van der Waals surface area contributed by atoms with Crippen LogP contribution < -0.4 is 0 Å². The van der Waals surface area contributed by atoms with Crippen LogP contribution in [0.5, 0.6) is 0 Å². The summed E-state index contributed by atoms with van der Waals surface area (Å²) < 4.78 is 9.07. The minimum absolute atomic E-state index is 0.310. The molecule has 4 heteroatoms. The van der Waals surface area contributed by atoms with Gasteiger partial charge in [0, 0.05) is 0 Å². The summed E-state index contributed by atoms with van der Waals surface area (Å²) in [5.41, 5.74) is -0.637. The molecule has 0 N–H and O–H groups in total. The number of hydrogen-bond acceptors (Lipinski definition) is 4. The molecule has 0 radical (unpaired) electrons. The van der Waals surface area contributed by atoms with E-state index in [1.807, 2.05) is 0 Å². The molecule has 2 atom stereocenters. The Balaban J connectivity index is 2.59. The van der Waals surface area contributed by atoms with Gasteiger partial charge in [0.2, 0.25) is 0 Å². The van der Waals surface area contributed by atoms with Crippen molar-refractivity contribution in [3.63, 3.8) is 0 Å². The monoisotopic (exact) mass is 172 g/mol. The minimum atomic E-state index is -0.637. The van der Waals surface area contributed by atoms with E-state index in [4.69, 9.17) is 0 Å². The molecule has 0 aliphatic heterocycles. The van der Waals surface area contributed by atoms with Crippen LogP contribution in [0.3, 0.4) is 0 Å². The number of carbonyl (C=O) groups excluding carboxylic acids is 2. The van der Waals surface area contributed by atoms with Gasteiger partial charge in [0.25, 0.3) is 0 Å². The lowest BCUT2D eigenvalue weighted by atomic mass is 10.1. The SMILES string of the molecule is COC(=O)[C@H]1C[C@]1(C)C(=O)OC. The second-order valence-corrected chi connectivity index (χ2v) is 3.19. The van der Waals surface area contributed by atoms with Crippen LogP contribution in [0.4, 0.5) is 0 Å². The molecule has 0 aromatic carbocycles. The summed E-state index contributed by atoms with van der Waals surface area (Å²) >= 11 is 0. The lowest BCUT2D eigenvalue weighted by molar-refractivity contribution is -0.152. The lowest BCUT2D eigenvalue weighted by Crippen LogP contribution is -2.20. The van der Waals surface area contributed by atoms with Crippen molar-refractivity contribution in [2.45, 2.75) is 13.3 Å². The van der Waals surface area contributed by atoms with Gasteiger partial charge in [-0.25, -0.2) is 0 Å². The number of hydrogen-bond donors (Lipinski definition) is 0. The van der Waals surface area contributed by atoms with Gasteiger partial charge in [-0.2, -0.15) is 0 Å². The van der Waals surface area contributed by atoms with Crippen molar-refractivity contribution in [3.8, 4) is 0 Å². The van der Waals surface area contributed by atoms with Crippen molar-refractivity contribution in [2.24, 2.45) is 11.3 Å². The Morgan fingerprint density at radius 3 is 2.33 bits per heavy atom. The number of esters is 2. The third-order valence-electron chi connectivity index (χ3n) is 2.37. The van der Waals surface area contributed by atoms with Gasteiger partial charge in [-0.3, -0.25) is 9.59 Å². The van der Waals surface area contributed by atoms with E-state index >= 15 is 0 Å². The zero-order valence-corrected chi connectivity index (χ0v) is 7.42. The molecule has 0 aromatic heterocycles. The van der Waals surface area contributed by atoms with E-state index in [-0.39, 0.29) is 17.9 Å². The zero-order chi connectivity index (χ0) is 9.35. The molecular weight excluding hydrogens is 160 g/mol. The van der Waals surface area contributed by atoms with Crippen LogP contribution in [-0.2, 0) is 19.1 Å². The van der Waals surface area contributed by atoms with E-state index in [2.05, 4.69) is 9.47 Å². The Morgan fingerprint density at radius 2 is 1.92 bits per heavy atom. The van der Waals surface area contributed by atoms with E-state index in [0.29, 0.717) is 6.42 Å². The molecule has 4 nitrogen and oxygen atoms in total. The molecule has 68 valence electrons. The topological polar surface area (TPSA) is 52.6 Å². The normalized spacial score (nSPS) is 32.4. The summed E-state index contributed by atoms with van der Waals surface area (Å²) in [5, 5.41) is 0. The highest BCUT2D eigenvalue weighted by Crippen LogP contribution is 2.53. The number of rotatable bonds is 2. The van der Waals surface area contributed by atoms with E-state index in [1.54, 1.807) is 6.92 Å². The largest absolute Gasteiger partial charge is 0.469 e. The maximum absolute atomic E-state index is 11.1. The quantitative estimate of drug-likeness (QED) is 0.564. The van der Waals surface area contributed by atoms with Crippen molar-refractivity contribution in [1.82, 2.24) is 0 Å². The maximum Gasteiger partial charge on any atom is 0.312 e. The molecule has 0 saturated heterocycles. The molecule has 1 rings (SSSR count). The first-order chi connectivity index (χ1) is 5.56. The van der Waals surface area contributed by atoms with Gasteiger partial charge in [-0.15, -0.1) is 0 Å². The first-order valence-corrected chi connectivity index (χ1v) is 3.72. The highest BCUT2D eigenvalue weighted by atomic mass is 16.5. The van der Waals surface area contributed by atoms with Crippen molar-refractivity contribution in [2.75, 3.05) is 14.2 Å². The average Bonchev–Trinajstić information content (AvgIpc) is 2.76. The molecular formula is C8H12O4. The molecule has 0 spiro atoms. The second kappa shape index (κ2) is 2.77. The molecule has 0 aromatic rings. The molecule has 0 heterocycles. The summed E-state index contributed by atoms with van der Waals surface area (Å²) in [6.07, 6.45) is 0.534. The van der Waals surface area contributed by atoms with E-state index in [1.165, 1.54) is 14.2 Å². The van der Waals surface area contributed by atoms with E-state index < -0.39 is 5.41 Å².